The molecular weight excluding hydrogens is 953 g/mol. The number of furan rings is 1. The van der Waals surface area contributed by atoms with Crippen LogP contribution in [0.25, 0.3) is 72.6 Å². The Bertz CT molecular complexity index is 2970. The van der Waals surface area contributed by atoms with Gasteiger partial charge in [-0.2, -0.15) is 0 Å². The maximum Gasteiger partial charge on any atom is 0.216 e. The third-order valence-corrected chi connectivity index (χ3v) is 13.3. The number of para-hydroxylation sites is 2. The molecule has 0 atom stereocenters. The van der Waals surface area contributed by atoms with E-state index in [4.69, 9.17) is 14.4 Å². The first kappa shape index (κ1) is 44.6. The summed E-state index contributed by atoms with van der Waals surface area (Å²) < 4.78 is 8.45. The second kappa shape index (κ2) is 18.1. The van der Waals surface area contributed by atoms with Gasteiger partial charge in [-0.1, -0.05) is 134 Å². The molecule has 4 aromatic heterocycles. The van der Waals surface area contributed by atoms with E-state index in [-0.39, 0.29) is 25.5 Å². The van der Waals surface area contributed by atoms with Crippen LogP contribution in [-0.2, 0) is 31.9 Å². The fourth-order valence-corrected chi connectivity index (χ4v) is 9.73. The molecule has 5 nitrogen and oxygen atoms in total. The van der Waals surface area contributed by atoms with Gasteiger partial charge in [-0.15, -0.1) is 59.7 Å². The van der Waals surface area contributed by atoms with Gasteiger partial charge in [-0.25, -0.2) is 4.98 Å². The van der Waals surface area contributed by atoms with Gasteiger partial charge in [0.15, 0.2) is 0 Å². The van der Waals surface area contributed by atoms with E-state index in [1.54, 1.807) is 0 Å². The number of nitrogens with zero attached hydrogens (tertiary/aromatic N) is 4. The van der Waals surface area contributed by atoms with Gasteiger partial charge in [0.2, 0.25) is 5.71 Å². The molecule has 7 heteroatoms. The van der Waals surface area contributed by atoms with Crippen LogP contribution < -0.4 is 5.19 Å². The molecule has 0 amide bonds. The minimum Gasteiger partial charge on any atom is -0.486 e. The molecule has 0 fully saturated rings. The van der Waals surface area contributed by atoms with Gasteiger partial charge in [0.1, 0.15) is 0 Å². The van der Waals surface area contributed by atoms with Crippen LogP contribution in [0, 0.1) is 18.1 Å². The molecule has 317 valence electrons. The first-order valence-electron chi connectivity index (χ1n) is 21.6. The van der Waals surface area contributed by atoms with Crippen LogP contribution >= 0.6 is 0 Å². The zero-order valence-corrected chi connectivity index (χ0v) is 41.0. The number of hydrogen-bond acceptors (Lipinski definition) is 4. The Morgan fingerprint density at radius 1 is 0.726 bits per heavy atom. The van der Waals surface area contributed by atoms with Crippen LogP contribution in [0.3, 0.4) is 0 Å². The molecule has 1 radical (unpaired) electrons. The smallest absolute Gasteiger partial charge is 0.216 e. The Morgan fingerprint density at radius 2 is 1.47 bits per heavy atom. The summed E-state index contributed by atoms with van der Waals surface area (Å²) in [7, 11) is -1.34. The van der Waals surface area contributed by atoms with E-state index in [0.29, 0.717) is 17.5 Å². The maximum atomic E-state index is 6.16. The second-order valence-corrected chi connectivity index (χ2v) is 24.0. The van der Waals surface area contributed by atoms with E-state index >= 15 is 0 Å². The van der Waals surface area contributed by atoms with Crippen molar-refractivity contribution in [2.24, 2.45) is 5.92 Å². The van der Waals surface area contributed by atoms with Gasteiger partial charge < -0.3 is 14.0 Å². The van der Waals surface area contributed by atoms with Gasteiger partial charge in [-0.3, -0.25) is 4.98 Å². The topological polar surface area (TPSA) is 56.7 Å². The summed E-state index contributed by atoms with van der Waals surface area (Å²) in [6.07, 6.45) is 3.24. The van der Waals surface area contributed by atoms with Crippen molar-refractivity contribution in [1.82, 2.24) is 19.5 Å². The molecule has 0 aliphatic heterocycles. The second-order valence-electron chi connectivity index (χ2n) is 18.9. The van der Waals surface area contributed by atoms with Gasteiger partial charge in [0.25, 0.3) is 0 Å². The molecule has 0 bridgehead atoms. The van der Waals surface area contributed by atoms with E-state index in [0.717, 1.165) is 67.8 Å². The molecule has 62 heavy (non-hydrogen) atoms. The number of hydrogen-bond donors (Lipinski definition) is 0. The van der Waals surface area contributed by atoms with Crippen LogP contribution in [-0.4, -0.2) is 27.6 Å². The molecule has 0 aliphatic rings. The number of fused-ring (bicyclic) bond motifs is 4. The van der Waals surface area contributed by atoms with Gasteiger partial charge in [0, 0.05) is 43.1 Å². The Morgan fingerprint density at radius 3 is 2.16 bits per heavy atom. The summed E-state index contributed by atoms with van der Waals surface area (Å²) in [4.78, 5) is 14.6. The minimum atomic E-state index is -1.34. The zero-order valence-electron chi connectivity index (χ0n) is 37.6. The Labute approximate surface area is 382 Å². The van der Waals surface area contributed by atoms with Crippen LogP contribution in [0.15, 0.2) is 138 Å². The van der Waals surface area contributed by atoms with Crippen LogP contribution in [0.5, 0.6) is 0 Å². The average molecular weight is 1010 g/mol. The van der Waals surface area contributed by atoms with Gasteiger partial charge >= 0.3 is 0 Å². The first-order valence-corrected chi connectivity index (χ1v) is 25.1. The first-order chi connectivity index (χ1) is 29.2. The summed E-state index contributed by atoms with van der Waals surface area (Å²) in [5, 5.41) is 3.52. The summed E-state index contributed by atoms with van der Waals surface area (Å²) in [5.41, 5.74) is 13.7. The number of pyridine rings is 2. The van der Waals surface area contributed by atoms with Crippen molar-refractivity contribution in [2.45, 2.75) is 85.9 Å². The Hall–Kier alpha value is -5.46. The third-order valence-electron chi connectivity index (χ3n) is 11.2. The summed E-state index contributed by atoms with van der Waals surface area (Å²) in [6.45, 7) is 22.8. The molecule has 9 aromatic rings. The molecule has 0 aliphatic carbocycles. The predicted molar refractivity (Wildman–Crippen MR) is 259 cm³/mol. The average Bonchev–Trinajstić information content (AvgIpc) is 3.81. The molecule has 0 saturated carbocycles. The minimum absolute atomic E-state index is 0. The van der Waals surface area contributed by atoms with Gasteiger partial charge in [-0.05, 0) is 87.6 Å². The third kappa shape index (κ3) is 9.32. The fraction of sp³-hybridized carbons (Fsp3) is 0.255. The quantitative estimate of drug-likeness (QED) is 0.112. The number of aromatic nitrogens is 4. The maximum absolute atomic E-state index is 6.16. The monoisotopic (exact) mass is 1010 g/mol. The molecule has 0 spiro atoms. The molecule has 0 N–H and O–H groups in total. The molecular formula is C55H56IrN4OSi-2. The van der Waals surface area contributed by atoms with Crippen molar-refractivity contribution in [3.8, 4) is 39.5 Å². The summed E-state index contributed by atoms with van der Waals surface area (Å²) in [5.74, 6) is 1.85. The van der Waals surface area contributed by atoms with Crippen LogP contribution in [0.4, 0.5) is 0 Å². The van der Waals surface area contributed by atoms with Crippen molar-refractivity contribution in [3.63, 3.8) is 0 Å². The largest absolute Gasteiger partial charge is 0.486 e. The van der Waals surface area contributed by atoms with E-state index in [1.165, 1.54) is 27.4 Å². The normalized spacial score (nSPS) is 11.9. The van der Waals surface area contributed by atoms with Crippen LogP contribution in [0.2, 0.25) is 19.6 Å². The standard InChI is InChI=1S/C37H32N3O.C18H24NSi.Ir/c1-23(2)30-18-17-27-28-21-26(16-20-34(28)41-36(27)39-30)35-38-31-13-9-10-14-33(31)40(35)32-19-15-25(22-29(32)37(3,4)5)24-11-7-6-8-12-24;1-14(2)11-16-12-17(15-9-7-6-8-10-15)19-13-18(16)20(3,4)5;/h6-15,17-23H,1-5H3;6-9,12-14H,11H2,1-5H3;/q2*-1;. The van der Waals surface area contributed by atoms with Crippen molar-refractivity contribution in [1.29, 1.82) is 0 Å². The summed E-state index contributed by atoms with van der Waals surface area (Å²) in [6, 6.07) is 51.1. The van der Waals surface area contributed by atoms with Crippen molar-refractivity contribution in [3.05, 3.63) is 163 Å². The van der Waals surface area contributed by atoms with Crippen LogP contribution in [0.1, 0.15) is 71.2 Å². The molecule has 0 unspecified atom stereocenters. The molecule has 4 heterocycles. The van der Waals surface area contributed by atoms with Gasteiger partial charge in [0.05, 0.1) is 30.5 Å². The molecule has 0 saturated heterocycles. The van der Waals surface area contributed by atoms with E-state index in [2.05, 4.69) is 193 Å². The van der Waals surface area contributed by atoms with Crippen molar-refractivity contribution >= 4 is 46.4 Å². The predicted octanol–water partition coefficient (Wildman–Crippen LogP) is 14.2. The molecule has 9 rings (SSSR count). The van der Waals surface area contributed by atoms with Crippen molar-refractivity contribution < 1.29 is 24.5 Å². The van der Waals surface area contributed by atoms with E-state index in [9.17, 15) is 0 Å². The Balaban J connectivity index is 0.000000233. The summed E-state index contributed by atoms with van der Waals surface area (Å²) >= 11 is 0. The van der Waals surface area contributed by atoms with E-state index < -0.39 is 8.07 Å². The van der Waals surface area contributed by atoms with Crippen molar-refractivity contribution in [2.75, 3.05) is 0 Å². The SMILES string of the molecule is CC(C)Cc1cc(-c2[c-]cccc2)ncc1[Si](C)(C)C.CC(C)c1ccc2c(n1)oc1c[c-]c(-c3nc4ccccc4n3-c3ccc(-c4ccccc4)cc3C(C)(C)C)cc12.[Ir]. The molecule has 5 aromatic carbocycles. The fourth-order valence-electron chi connectivity index (χ4n) is 8.14. The number of benzene rings is 5. The number of imidazole rings is 1. The van der Waals surface area contributed by atoms with E-state index in [1.807, 2.05) is 30.3 Å². The Kier molecular flexibility index (Phi) is 13.0. The number of rotatable bonds is 8. The zero-order chi connectivity index (χ0) is 43.1.